The lowest BCUT2D eigenvalue weighted by Gasteiger charge is -2.16. The van der Waals surface area contributed by atoms with Crippen LogP contribution in [0.15, 0.2) is 18.2 Å². The fourth-order valence-corrected chi connectivity index (χ4v) is 3.00. The highest BCUT2D eigenvalue weighted by atomic mass is 35.5. The number of nitrogens with two attached hydrogens (primary N) is 1. The van der Waals surface area contributed by atoms with E-state index in [1.807, 2.05) is 6.92 Å². The lowest BCUT2D eigenvalue weighted by molar-refractivity contribution is 0.253. The summed E-state index contributed by atoms with van der Waals surface area (Å²) in [6, 6.07) is 4.89. The third-order valence-corrected chi connectivity index (χ3v) is 4.02. The van der Waals surface area contributed by atoms with Crippen LogP contribution in [-0.2, 0) is 10.0 Å². The van der Waals surface area contributed by atoms with Crippen molar-refractivity contribution < 1.29 is 13.2 Å². The van der Waals surface area contributed by atoms with Crippen LogP contribution < -0.4 is 9.88 Å². The summed E-state index contributed by atoms with van der Waals surface area (Å²) in [4.78, 5) is 0. The van der Waals surface area contributed by atoms with E-state index in [2.05, 4.69) is 0 Å². The van der Waals surface area contributed by atoms with Gasteiger partial charge in [-0.05, 0) is 18.6 Å². The minimum absolute atomic E-state index is 0.0982. The van der Waals surface area contributed by atoms with Gasteiger partial charge in [-0.15, -0.1) is 0 Å². The number of hydrogen-bond acceptors (Lipinski definition) is 3. The van der Waals surface area contributed by atoms with Crippen LogP contribution in [0, 0.1) is 5.92 Å². The zero-order valence-electron chi connectivity index (χ0n) is 10.6. The van der Waals surface area contributed by atoms with Gasteiger partial charge in [0.25, 0.3) is 0 Å². The van der Waals surface area contributed by atoms with Crippen LogP contribution in [0.25, 0.3) is 0 Å². The Labute approximate surface area is 123 Å². The van der Waals surface area contributed by atoms with E-state index in [0.29, 0.717) is 22.2 Å². The molecule has 19 heavy (non-hydrogen) atoms. The summed E-state index contributed by atoms with van der Waals surface area (Å²) >= 11 is 11.8. The van der Waals surface area contributed by atoms with Crippen molar-refractivity contribution >= 4 is 33.2 Å². The molecule has 0 aromatic heterocycles. The van der Waals surface area contributed by atoms with E-state index < -0.39 is 10.0 Å². The number of rotatable bonds is 7. The largest absolute Gasteiger partial charge is 0.492 e. The molecule has 0 bridgehead atoms. The van der Waals surface area contributed by atoms with Crippen molar-refractivity contribution in [3.63, 3.8) is 0 Å². The number of halogens is 2. The highest BCUT2D eigenvalue weighted by molar-refractivity contribution is 7.89. The third-order valence-electron chi connectivity index (χ3n) is 2.53. The second-order valence-corrected chi connectivity index (χ2v) is 6.87. The van der Waals surface area contributed by atoms with Crippen LogP contribution in [0.3, 0.4) is 0 Å². The highest BCUT2D eigenvalue weighted by Crippen LogP contribution is 2.28. The summed E-state index contributed by atoms with van der Waals surface area (Å²) in [7, 11) is -3.51. The van der Waals surface area contributed by atoms with Gasteiger partial charge in [-0.25, -0.2) is 13.6 Å². The van der Waals surface area contributed by atoms with E-state index in [0.717, 1.165) is 6.42 Å². The molecule has 0 aliphatic rings. The van der Waals surface area contributed by atoms with Crippen LogP contribution >= 0.6 is 23.2 Å². The minimum Gasteiger partial charge on any atom is -0.492 e. The van der Waals surface area contributed by atoms with Gasteiger partial charge in [0, 0.05) is 17.0 Å². The summed E-state index contributed by atoms with van der Waals surface area (Å²) in [5.74, 6) is 0.193. The van der Waals surface area contributed by atoms with Crippen LogP contribution in [-0.4, -0.2) is 20.8 Å². The Kier molecular flexibility index (Phi) is 6.39. The first-order chi connectivity index (χ1) is 8.81. The molecule has 0 fully saturated rings. The van der Waals surface area contributed by atoms with Crippen molar-refractivity contribution in [2.75, 3.05) is 12.4 Å². The molecule has 0 spiro atoms. The number of sulfonamides is 1. The molecule has 108 valence electrons. The van der Waals surface area contributed by atoms with Gasteiger partial charge in [-0.2, -0.15) is 0 Å². The van der Waals surface area contributed by atoms with Gasteiger partial charge >= 0.3 is 0 Å². The maximum atomic E-state index is 11.1. The van der Waals surface area contributed by atoms with E-state index in [9.17, 15) is 8.42 Å². The number of hydrogen-bond donors (Lipinski definition) is 1. The summed E-state index contributed by atoms with van der Waals surface area (Å²) in [5.41, 5.74) is 0. The van der Waals surface area contributed by atoms with Crippen molar-refractivity contribution in [1.29, 1.82) is 0 Å². The Bertz CT molecular complexity index is 520. The van der Waals surface area contributed by atoms with Crippen LogP contribution in [0.2, 0.25) is 10.0 Å². The third kappa shape index (κ3) is 6.47. The van der Waals surface area contributed by atoms with Crippen LogP contribution in [0.1, 0.15) is 19.8 Å². The fraction of sp³-hybridized carbons (Fsp3) is 0.500. The predicted octanol–water partition coefficient (Wildman–Crippen LogP) is 3.08. The van der Waals surface area contributed by atoms with E-state index >= 15 is 0 Å². The smallest absolute Gasteiger partial charge is 0.209 e. The number of primary sulfonamides is 1. The van der Waals surface area contributed by atoms with Crippen molar-refractivity contribution in [1.82, 2.24) is 0 Å². The second kappa shape index (κ2) is 7.33. The maximum Gasteiger partial charge on any atom is 0.209 e. The molecule has 1 aromatic rings. The van der Waals surface area contributed by atoms with Gasteiger partial charge in [0.1, 0.15) is 5.75 Å². The number of ether oxygens (including phenoxy) is 1. The Morgan fingerprint density at radius 2 is 2.05 bits per heavy atom. The molecule has 1 atom stereocenters. The summed E-state index contributed by atoms with van der Waals surface area (Å²) in [6.07, 6.45) is 1.57. The SMILES string of the molecule is CCCC(COc1cc(Cl)ccc1Cl)CS(N)(=O)=O. The second-order valence-electron chi connectivity index (χ2n) is 4.37. The van der Waals surface area contributed by atoms with Crippen molar-refractivity contribution in [3.8, 4) is 5.75 Å². The minimum atomic E-state index is -3.51. The Balaban J connectivity index is 2.68. The molecule has 0 saturated heterocycles. The van der Waals surface area contributed by atoms with Crippen LogP contribution in [0.4, 0.5) is 0 Å². The average molecular weight is 326 g/mol. The van der Waals surface area contributed by atoms with Gasteiger partial charge in [0.15, 0.2) is 0 Å². The topological polar surface area (TPSA) is 69.4 Å². The molecule has 0 amide bonds. The van der Waals surface area contributed by atoms with E-state index in [-0.39, 0.29) is 18.3 Å². The van der Waals surface area contributed by atoms with Gasteiger partial charge in [-0.1, -0.05) is 36.5 Å². The Hall–Kier alpha value is -0.490. The molecule has 7 heteroatoms. The molecule has 1 unspecified atom stereocenters. The van der Waals surface area contributed by atoms with E-state index in [1.165, 1.54) is 0 Å². The Morgan fingerprint density at radius 3 is 2.63 bits per heavy atom. The van der Waals surface area contributed by atoms with Crippen LogP contribution in [0.5, 0.6) is 5.75 Å². The van der Waals surface area contributed by atoms with Crippen molar-refractivity contribution in [2.45, 2.75) is 19.8 Å². The van der Waals surface area contributed by atoms with Gasteiger partial charge in [0.05, 0.1) is 17.4 Å². The standard InChI is InChI=1S/C12H17Cl2NO3S/c1-2-3-9(8-19(15,16)17)7-18-12-6-10(13)4-5-11(12)14/h4-6,9H,2-3,7-8H2,1H3,(H2,15,16,17). The van der Waals surface area contributed by atoms with E-state index in [1.54, 1.807) is 18.2 Å². The normalized spacial score (nSPS) is 13.3. The molecule has 0 aliphatic carbocycles. The molecule has 4 nitrogen and oxygen atoms in total. The summed E-state index contributed by atoms with van der Waals surface area (Å²) in [6.45, 7) is 2.22. The monoisotopic (exact) mass is 325 g/mol. The first kappa shape index (κ1) is 16.6. The molecule has 0 saturated carbocycles. The van der Waals surface area contributed by atoms with E-state index in [4.69, 9.17) is 33.1 Å². The van der Waals surface area contributed by atoms with Gasteiger partial charge < -0.3 is 4.74 Å². The lowest BCUT2D eigenvalue weighted by atomic mass is 10.1. The molecular weight excluding hydrogens is 309 g/mol. The molecular formula is C12H17Cl2NO3S. The fourth-order valence-electron chi connectivity index (χ4n) is 1.75. The van der Waals surface area contributed by atoms with Gasteiger partial charge in [-0.3, -0.25) is 0 Å². The lowest BCUT2D eigenvalue weighted by Crippen LogP contribution is -2.27. The first-order valence-electron chi connectivity index (χ1n) is 5.90. The Morgan fingerprint density at radius 1 is 1.37 bits per heavy atom. The van der Waals surface area contributed by atoms with Crippen molar-refractivity contribution in [3.05, 3.63) is 28.2 Å². The van der Waals surface area contributed by atoms with Gasteiger partial charge in [0.2, 0.25) is 10.0 Å². The highest BCUT2D eigenvalue weighted by Gasteiger charge is 2.16. The molecule has 2 N–H and O–H groups in total. The van der Waals surface area contributed by atoms with Crippen molar-refractivity contribution in [2.24, 2.45) is 11.1 Å². The molecule has 0 heterocycles. The number of benzene rings is 1. The molecule has 0 radical (unpaired) electrons. The summed E-state index contributed by atoms with van der Waals surface area (Å²) < 4.78 is 27.8. The molecule has 0 aliphatic heterocycles. The maximum absolute atomic E-state index is 11.1. The average Bonchev–Trinajstić information content (AvgIpc) is 2.28. The predicted molar refractivity (Wildman–Crippen MR) is 78.3 cm³/mol. The molecule has 1 aromatic carbocycles. The zero-order valence-corrected chi connectivity index (χ0v) is 12.9. The zero-order chi connectivity index (χ0) is 14.5. The summed E-state index contributed by atoms with van der Waals surface area (Å²) in [5, 5.41) is 6.01. The molecule has 1 rings (SSSR count). The first-order valence-corrected chi connectivity index (χ1v) is 8.37. The quantitative estimate of drug-likeness (QED) is 0.837.